The van der Waals surface area contributed by atoms with Crippen LogP contribution in [0.25, 0.3) is 21.8 Å². The van der Waals surface area contributed by atoms with Gasteiger partial charge in [0.1, 0.15) is 6.54 Å². The molecule has 1 saturated heterocycles. The van der Waals surface area contributed by atoms with Crippen molar-refractivity contribution in [1.82, 2.24) is 9.47 Å². The summed E-state index contributed by atoms with van der Waals surface area (Å²) in [6.45, 7) is 4.89. The molecule has 2 heterocycles. The first kappa shape index (κ1) is 22.8. The number of hydrogen-bond donors (Lipinski definition) is 1. The third-order valence-electron chi connectivity index (χ3n) is 6.32. The number of amides is 2. The molecule has 35 heavy (non-hydrogen) atoms. The quantitative estimate of drug-likeness (QED) is 0.458. The van der Waals surface area contributed by atoms with Crippen LogP contribution in [0.2, 0.25) is 0 Å². The molecule has 4 aromatic rings. The molecule has 0 spiro atoms. The maximum atomic E-state index is 13.3. The first-order chi connectivity index (χ1) is 16.9. The first-order valence-corrected chi connectivity index (χ1v) is 11.8. The molecule has 1 fully saturated rings. The largest absolute Gasteiger partial charge is 0.372 e. The lowest BCUT2D eigenvalue weighted by Gasteiger charge is -2.35. The van der Waals surface area contributed by atoms with Gasteiger partial charge in [-0.2, -0.15) is 0 Å². The smallest absolute Gasteiger partial charge is 0.256 e. The minimum absolute atomic E-state index is 0.00451. The number of benzene rings is 3. The van der Waals surface area contributed by atoms with E-state index in [9.17, 15) is 14.4 Å². The summed E-state index contributed by atoms with van der Waals surface area (Å²) in [5.74, 6) is -0.421. The molecular formula is C28H27N3O4. The highest BCUT2D eigenvalue weighted by Gasteiger charge is 2.28. The van der Waals surface area contributed by atoms with Gasteiger partial charge in [-0.15, -0.1) is 0 Å². The van der Waals surface area contributed by atoms with Gasteiger partial charge < -0.3 is 19.5 Å². The molecule has 0 aliphatic carbocycles. The van der Waals surface area contributed by atoms with E-state index >= 15 is 0 Å². The van der Waals surface area contributed by atoms with Gasteiger partial charge in [-0.05, 0) is 50.2 Å². The van der Waals surface area contributed by atoms with Crippen LogP contribution in [-0.2, 0) is 16.1 Å². The van der Waals surface area contributed by atoms with E-state index in [4.69, 9.17) is 4.74 Å². The molecule has 0 radical (unpaired) electrons. The Morgan fingerprint density at radius 3 is 2.03 bits per heavy atom. The summed E-state index contributed by atoms with van der Waals surface area (Å²) in [7, 11) is 0. The molecule has 0 unspecified atom stereocenters. The number of para-hydroxylation sites is 3. The number of nitrogens with one attached hydrogen (secondary N) is 1. The summed E-state index contributed by atoms with van der Waals surface area (Å²) >= 11 is 0. The van der Waals surface area contributed by atoms with Gasteiger partial charge in [0, 0.05) is 23.9 Å². The fraction of sp³-hybridized carbons (Fsp3) is 0.250. The highest BCUT2D eigenvalue weighted by Crippen LogP contribution is 2.22. The molecule has 7 nitrogen and oxygen atoms in total. The molecule has 2 amide bonds. The van der Waals surface area contributed by atoms with Gasteiger partial charge in [-0.3, -0.25) is 14.4 Å². The molecule has 3 aromatic carbocycles. The zero-order chi connectivity index (χ0) is 24.5. The fourth-order valence-corrected chi connectivity index (χ4v) is 4.87. The zero-order valence-corrected chi connectivity index (χ0v) is 19.7. The number of nitrogens with zero attached hydrogens (tertiary/aromatic N) is 2. The predicted molar refractivity (Wildman–Crippen MR) is 137 cm³/mol. The topological polar surface area (TPSA) is 80.6 Å². The standard InChI is InChI=1S/C28H27N3O4/c1-18-15-30(16-19(2)35-18)28(34)20-9-3-6-12-23(20)29-26(32)17-31-24-13-7-4-10-21(24)27(33)22-11-5-8-14-25(22)31/h3-14,18-19H,15-17H2,1-2H3,(H,29,32)/t18-,19-/m1/s1. The number of fused-ring (bicyclic) bond motifs is 2. The summed E-state index contributed by atoms with van der Waals surface area (Å²) in [6, 6.07) is 21.6. The molecule has 2 atom stereocenters. The normalized spacial score (nSPS) is 18.1. The molecule has 178 valence electrons. The van der Waals surface area contributed by atoms with Crippen LogP contribution in [-0.4, -0.2) is 46.6 Å². The second kappa shape index (κ2) is 9.35. The van der Waals surface area contributed by atoms with Crippen LogP contribution >= 0.6 is 0 Å². The SMILES string of the molecule is C[C@@H]1CN(C(=O)c2ccccc2NC(=O)Cn2c3ccccc3c(=O)c3ccccc32)C[C@@H](C)O1. The lowest BCUT2D eigenvalue weighted by Crippen LogP contribution is -2.48. The van der Waals surface area contributed by atoms with Crippen LogP contribution in [0.1, 0.15) is 24.2 Å². The van der Waals surface area contributed by atoms with Crippen molar-refractivity contribution in [3.63, 3.8) is 0 Å². The van der Waals surface area contributed by atoms with Gasteiger partial charge in [0.05, 0.1) is 34.5 Å². The Morgan fingerprint density at radius 2 is 1.40 bits per heavy atom. The average molecular weight is 470 g/mol. The van der Waals surface area contributed by atoms with Crippen molar-refractivity contribution in [3.8, 4) is 0 Å². The highest BCUT2D eigenvalue weighted by atomic mass is 16.5. The number of morpholine rings is 1. The van der Waals surface area contributed by atoms with Gasteiger partial charge in [0.15, 0.2) is 5.43 Å². The van der Waals surface area contributed by atoms with Crippen molar-refractivity contribution >= 4 is 39.3 Å². The lowest BCUT2D eigenvalue weighted by molar-refractivity contribution is -0.116. The molecule has 1 aliphatic rings. The van der Waals surface area contributed by atoms with Crippen LogP contribution < -0.4 is 10.7 Å². The molecule has 0 bridgehead atoms. The predicted octanol–water partition coefficient (Wildman–Crippen LogP) is 4.04. The monoisotopic (exact) mass is 469 g/mol. The Morgan fingerprint density at radius 1 is 0.857 bits per heavy atom. The van der Waals surface area contributed by atoms with Crippen molar-refractivity contribution in [2.45, 2.75) is 32.6 Å². The molecule has 5 rings (SSSR count). The molecular weight excluding hydrogens is 442 g/mol. The third kappa shape index (κ3) is 4.42. The minimum Gasteiger partial charge on any atom is -0.372 e. The summed E-state index contributed by atoms with van der Waals surface area (Å²) < 4.78 is 7.60. The highest BCUT2D eigenvalue weighted by molar-refractivity contribution is 6.04. The third-order valence-corrected chi connectivity index (χ3v) is 6.32. The van der Waals surface area contributed by atoms with E-state index in [0.717, 1.165) is 0 Å². The summed E-state index contributed by atoms with van der Waals surface area (Å²) in [6.07, 6.45) is -0.0993. The van der Waals surface area contributed by atoms with Crippen LogP contribution in [0.4, 0.5) is 5.69 Å². The molecule has 7 heteroatoms. The Kier molecular flexibility index (Phi) is 6.09. The maximum absolute atomic E-state index is 13.3. The summed E-state index contributed by atoms with van der Waals surface area (Å²) in [5.41, 5.74) is 2.22. The van der Waals surface area contributed by atoms with E-state index in [-0.39, 0.29) is 36.0 Å². The van der Waals surface area contributed by atoms with E-state index in [2.05, 4.69) is 5.32 Å². The van der Waals surface area contributed by atoms with Gasteiger partial charge in [-0.25, -0.2) is 0 Å². The average Bonchev–Trinajstić information content (AvgIpc) is 2.86. The molecule has 1 aromatic heterocycles. The van der Waals surface area contributed by atoms with Gasteiger partial charge in [-0.1, -0.05) is 36.4 Å². The number of carbonyl (C=O) groups excluding carboxylic acids is 2. The number of rotatable bonds is 4. The van der Waals surface area contributed by atoms with Crippen molar-refractivity contribution in [2.24, 2.45) is 0 Å². The van der Waals surface area contributed by atoms with Crippen LogP contribution in [0.15, 0.2) is 77.6 Å². The summed E-state index contributed by atoms with van der Waals surface area (Å²) in [5, 5.41) is 4.05. The van der Waals surface area contributed by atoms with Crippen LogP contribution in [0.5, 0.6) is 0 Å². The second-order valence-corrected chi connectivity index (χ2v) is 9.01. The minimum atomic E-state index is -0.284. The first-order valence-electron chi connectivity index (χ1n) is 11.8. The van der Waals surface area contributed by atoms with Crippen molar-refractivity contribution in [1.29, 1.82) is 0 Å². The number of aromatic nitrogens is 1. The van der Waals surface area contributed by atoms with Gasteiger partial charge in [0.25, 0.3) is 5.91 Å². The Labute approximate surface area is 202 Å². The summed E-state index contributed by atoms with van der Waals surface area (Å²) in [4.78, 5) is 41.3. The molecule has 1 N–H and O–H groups in total. The Hall–Kier alpha value is -3.97. The Balaban J connectivity index is 1.46. The van der Waals surface area contributed by atoms with E-state index in [0.29, 0.717) is 46.1 Å². The number of hydrogen-bond acceptors (Lipinski definition) is 4. The van der Waals surface area contributed by atoms with Crippen LogP contribution in [0, 0.1) is 0 Å². The molecule has 1 aliphatic heterocycles. The fourth-order valence-electron chi connectivity index (χ4n) is 4.87. The zero-order valence-electron chi connectivity index (χ0n) is 19.7. The van der Waals surface area contributed by atoms with E-state index in [1.54, 1.807) is 41.3 Å². The van der Waals surface area contributed by atoms with Crippen molar-refractivity contribution in [3.05, 3.63) is 88.6 Å². The lowest BCUT2D eigenvalue weighted by atomic mass is 10.1. The number of carbonyl (C=O) groups is 2. The van der Waals surface area contributed by atoms with Gasteiger partial charge >= 0.3 is 0 Å². The number of ether oxygens (including phenoxy) is 1. The maximum Gasteiger partial charge on any atom is 0.256 e. The van der Waals surface area contributed by atoms with Crippen LogP contribution in [0.3, 0.4) is 0 Å². The van der Waals surface area contributed by atoms with Crippen molar-refractivity contribution in [2.75, 3.05) is 18.4 Å². The second-order valence-electron chi connectivity index (χ2n) is 9.01. The number of pyridine rings is 1. The van der Waals surface area contributed by atoms with E-state index < -0.39 is 0 Å². The molecule has 0 saturated carbocycles. The van der Waals surface area contributed by atoms with Gasteiger partial charge in [0.2, 0.25) is 5.91 Å². The number of anilines is 1. The Bertz CT molecular complexity index is 1420. The van der Waals surface area contributed by atoms with E-state index in [1.165, 1.54) is 0 Å². The van der Waals surface area contributed by atoms with Crippen molar-refractivity contribution < 1.29 is 14.3 Å². The van der Waals surface area contributed by atoms with E-state index in [1.807, 2.05) is 54.8 Å².